The lowest BCUT2D eigenvalue weighted by Gasteiger charge is -2.20. The summed E-state index contributed by atoms with van der Waals surface area (Å²) >= 11 is 0. The molecule has 1 aliphatic rings. The van der Waals surface area contributed by atoms with E-state index in [0.717, 1.165) is 17.5 Å². The molecule has 9 nitrogen and oxygen atoms in total. The highest BCUT2D eigenvalue weighted by Crippen LogP contribution is 2.45. The van der Waals surface area contributed by atoms with Crippen LogP contribution in [-0.4, -0.2) is 53.8 Å². The Hall–Kier alpha value is -1.86. The van der Waals surface area contributed by atoms with Gasteiger partial charge in [-0.25, -0.2) is 16.8 Å². The summed E-state index contributed by atoms with van der Waals surface area (Å²) in [5.41, 5.74) is 1.66. The van der Waals surface area contributed by atoms with Gasteiger partial charge in [-0.1, -0.05) is 0 Å². The van der Waals surface area contributed by atoms with Crippen LogP contribution in [-0.2, 0) is 30.4 Å². The van der Waals surface area contributed by atoms with Crippen molar-refractivity contribution in [3.8, 4) is 0 Å². The number of unbranched alkanes of at least 4 members (excludes halogenated alkanes) is 2. The topological polar surface area (TPSA) is 155 Å². The molecule has 2 aromatic rings. The fraction of sp³-hybridized carbons (Fsp3) is 0.429. The molecule has 0 bridgehead atoms. The monoisotopic (exact) mass is 561 g/mol. The maximum absolute atomic E-state index is 11.9. The molecular formula is C21H24BrNO8S2-2. The van der Waals surface area contributed by atoms with Crippen LogP contribution in [0.2, 0.25) is 0 Å². The number of carboxylic acid groups (broad SMARTS) is 1. The van der Waals surface area contributed by atoms with Crippen molar-refractivity contribution in [1.82, 2.24) is 0 Å². The Morgan fingerprint density at radius 2 is 1.64 bits per heavy atom. The predicted octanol–water partition coefficient (Wildman–Crippen LogP) is -0.307. The fourth-order valence-corrected chi connectivity index (χ4v) is 5.62. The molecule has 12 heteroatoms. The van der Waals surface area contributed by atoms with Crippen molar-refractivity contribution in [1.29, 1.82) is 0 Å². The molecule has 0 saturated carbocycles. The molecule has 0 atom stereocenters. The first-order chi connectivity index (χ1) is 14.7. The van der Waals surface area contributed by atoms with Gasteiger partial charge in [0.15, 0.2) is 5.71 Å². The molecule has 0 aromatic heterocycles. The van der Waals surface area contributed by atoms with Gasteiger partial charge in [0, 0.05) is 36.8 Å². The molecule has 0 unspecified atom stereocenters. The molecule has 1 heterocycles. The van der Waals surface area contributed by atoms with E-state index >= 15 is 0 Å². The number of carboxylic acids is 1. The Kier molecular flexibility index (Phi) is 7.81. The largest absolute Gasteiger partial charge is 1.00 e. The lowest BCUT2D eigenvalue weighted by atomic mass is 9.80. The number of carbonyl (C=O) groups is 1. The number of nitrogens with zero attached hydrogens (tertiary/aromatic N) is 1. The van der Waals surface area contributed by atoms with Gasteiger partial charge < -0.3 is 31.2 Å². The quantitative estimate of drug-likeness (QED) is 0.261. The van der Waals surface area contributed by atoms with Crippen LogP contribution < -0.4 is 17.0 Å². The van der Waals surface area contributed by atoms with Crippen LogP contribution in [0.4, 0.5) is 5.69 Å². The maximum atomic E-state index is 11.9. The minimum Gasteiger partial charge on any atom is -1.00 e. The Balaban J connectivity index is 0.00000385. The smallest absolute Gasteiger partial charge is 0.303 e. The molecule has 182 valence electrons. The normalized spacial score (nSPS) is 15.4. The van der Waals surface area contributed by atoms with Gasteiger partial charge in [-0.3, -0.25) is 4.79 Å². The van der Waals surface area contributed by atoms with Gasteiger partial charge in [0.1, 0.15) is 26.8 Å². The van der Waals surface area contributed by atoms with E-state index in [0.29, 0.717) is 37.4 Å². The first kappa shape index (κ1) is 27.4. The third-order valence-electron chi connectivity index (χ3n) is 6.10. The average molecular weight is 562 g/mol. The van der Waals surface area contributed by atoms with Crippen molar-refractivity contribution in [2.75, 3.05) is 6.54 Å². The number of benzene rings is 2. The average Bonchev–Trinajstić information content (AvgIpc) is 2.85. The van der Waals surface area contributed by atoms with Gasteiger partial charge in [-0.2, -0.15) is 4.58 Å². The van der Waals surface area contributed by atoms with Crippen molar-refractivity contribution >= 4 is 48.4 Å². The maximum Gasteiger partial charge on any atom is 0.303 e. The van der Waals surface area contributed by atoms with Crippen molar-refractivity contribution in [2.24, 2.45) is 0 Å². The van der Waals surface area contributed by atoms with E-state index in [4.69, 9.17) is 5.11 Å². The SMILES string of the molecule is CC1=[N+](CCCCCC(=O)O)c2ccc3c(S(=O)(=O)[O-])cc(S(=O)(=O)[O-])cc3c2C1(C)C.[Br-]. The number of fused-ring (bicyclic) bond motifs is 3. The molecule has 3 rings (SSSR count). The lowest BCUT2D eigenvalue weighted by Crippen LogP contribution is -3.00. The van der Waals surface area contributed by atoms with Gasteiger partial charge in [0.2, 0.25) is 5.69 Å². The molecule has 2 aromatic carbocycles. The van der Waals surface area contributed by atoms with Gasteiger partial charge in [-0.05, 0) is 50.3 Å². The van der Waals surface area contributed by atoms with E-state index in [-0.39, 0.29) is 34.2 Å². The molecule has 0 aliphatic carbocycles. The molecule has 0 spiro atoms. The Bertz CT molecular complexity index is 1360. The zero-order chi connectivity index (χ0) is 24.1. The summed E-state index contributed by atoms with van der Waals surface area (Å²) in [5, 5.41) is 9.07. The van der Waals surface area contributed by atoms with E-state index in [1.165, 1.54) is 6.07 Å². The minimum absolute atomic E-state index is 0. The molecule has 0 radical (unpaired) electrons. The summed E-state index contributed by atoms with van der Waals surface area (Å²) in [4.78, 5) is 9.18. The minimum atomic E-state index is -5.04. The van der Waals surface area contributed by atoms with Crippen LogP contribution in [0.3, 0.4) is 0 Å². The molecule has 1 N–H and O–H groups in total. The summed E-state index contributed by atoms with van der Waals surface area (Å²) in [6.45, 7) is 6.28. The van der Waals surface area contributed by atoms with Crippen LogP contribution in [0, 0.1) is 0 Å². The standard InChI is InChI=1S/C21H25NO8S2.BrH/c1-13-21(2,3)20-16-11-14(31(25,26)27)12-18(32(28,29)30)15(16)8-9-17(20)22(13)10-6-4-5-7-19(23)24;/h8-9,11-12H,4-7,10H2,1-3H3,(H2-,23,24,25,26,27,28,29,30);1H/p-2. The second-order valence-electron chi connectivity index (χ2n) is 8.45. The van der Waals surface area contributed by atoms with Crippen molar-refractivity contribution in [3.63, 3.8) is 0 Å². The molecule has 0 fully saturated rings. The predicted molar refractivity (Wildman–Crippen MR) is 114 cm³/mol. The number of hydrogen-bond donors (Lipinski definition) is 1. The highest BCUT2D eigenvalue weighted by Gasteiger charge is 2.44. The zero-order valence-electron chi connectivity index (χ0n) is 18.3. The van der Waals surface area contributed by atoms with Crippen LogP contribution >= 0.6 is 0 Å². The van der Waals surface area contributed by atoms with E-state index < -0.39 is 41.4 Å². The Morgan fingerprint density at radius 3 is 2.18 bits per heavy atom. The summed E-state index contributed by atoms with van der Waals surface area (Å²) in [5.74, 6) is -0.847. The molecular weight excluding hydrogens is 538 g/mol. The van der Waals surface area contributed by atoms with E-state index in [9.17, 15) is 30.7 Å². The van der Waals surface area contributed by atoms with Gasteiger partial charge in [0.05, 0.1) is 15.2 Å². The van der Waals surface area contributed by atoms with Crippen molar-refractivity contribution in [3.05, 3.63) is 29.8 Å². The summed E-state index contributed by atoms with van der Waals surface area (Å²) in [6, 6.07) is 4.90. The number of hydrogen-bond acceptors (Lipinski definition) is 7. The Morgan fingerprint density at radius 1 is 1.00 bits per heavy atom. The molecule has 0 amide bonds. The van der Waals surface area contributed by atoms with Crippen LogP contribution in [0.1, 0.15) is 52.0 Å². The fourth-order valence-electron chi connectivity index (χ4n) is 4.31. The number of rotatable bonds is 8. The highest BCUT2D eigenvalue weighted by molar-refractivity contribution is 7.86. The molecule has 0 saturated heterocycles. The second-order valence-corrected chi connectivity index (χ2v) is 11.2. The molecule has 1 aliphatic heterocycles. The summed E-state index contributed by atoms with van der Waals surface area (Å²) in [7, 11) is -10.1. The van der Waals surface area contributed by atoms with Crippen molar-refractivity contribution in [2.45, 2.75) is 61.7 Å². The van der Waals surface area contributed by atoms with Crippen LogP contribution in [0.15, 0.2) is 34.1 Å². The zero-order valence-corrected chi connectivity index (χ0v) is 21.5. The van der Waals surface area contributed by atoms with E-state index in [2.05, 4.69) is 0 Å². The number of halogens is 1. The van der Waals surface area contributed by atoms with Crippen LogP contribution in [0.5, 0.6) is 0 Å². The third-order valence-corrected chi connectivity index (χ3v) is 7.79. The third kappa shape index (κ3) is 5.29. The van der Waals surface area contributed by atoms with Crippen molar-refractivity contribution < 1.29 is 57.4 Å². The summed E-state index contributed by atoms with van der Waals surface area (Å²) < 4.78 is 72.7. The number of aliphatic carboxylic acids is 1. The van der Waals surface area contributed by atoms with Crippen LogP contribution in [0.25, 0.3) is 10.8 Å². The Labute approximate surface area is 203 Å². The first-order valence-corrected chi connectivity index (χ1v) is 12.8. The summed E-state index contributed by atoms with van der Waals surface area (Å²) in [6.07, 6.45) is 2.06. The van der Waals surface area contributed by atoms with Gasteiger partial charge in [-0.15, -0.1) is 0 Å². The van der Waals surface area contributed by atoms with Gasteiger partial charge in [0.25, 0.3) is 0 Å². The van der Waals surface area contributed by atoms with E-state index in [1.54, 1.807) is 6.07 Å². The first-order valence-electron chi connectivity index (χ1n) is 10.0. The lowest BCUT2D eigenvalue weighted by molar-refractivity contribution is -0.439. The highest BCUT2D eigenvalue weighted by atomic mass is 79.9. The van der Waals surface area contributed by atoms with E-state index in [1.807, 2.05) is 25.3 Å². The van der Waals surface area contributed by atoms with Gasteiger partial charge >= 0.3 is 5.97 Å². The second kappa shape index (κ2) is 9.41. The molecule has 33 heavy (non-hydrogen) atoms.